The first kappa shape index (κ1) is 16.3. The van der Waals surface area contributed by atoms with Gasteiger partial charge in [0.05, 0.1) is 11.3 Å². The zero-order valence-corrected chi connectivity index (χ0v) is 13.0. The van der Waals surface area contributed by atoms with E-state index in [0.717, 1.165) is 17.7 Å². The molecule has 0 saturated heterocycles. The van der Waals surface area contributed by atoms with E-state index in [9.17, 15) is 9.90 Å². The molecule has 0 spiro atoms. The Hall–Kier alpha value is -1.77. The van der Waals surface area contributed by atoms with Crippen molar-refractivity contribution in [3.8, 4) is 11.5 Å². The molecule has 0 amide bonds. The van der Waals surface area contributed by atoms with Crippen LogP contribution in [0.4, 0.5) is 0 Å². The average Bonchev–Trinajstić information content (AvgIpc) is 2.34. The lowest BCUT2D eigenvalue weighted by molar-refractivity contribution is 0.0964. The summed E-state index contributed by atoms with van der Waals surface area (Å²) in [4.78, 5) is 12.1. The van der Waals surface area contributed by atoms with Crippen molar-refractivity contribution >= 4 is 5.78 Å². The highest BCUT2D eigenvalue weighted by molar-refractivity contribution is 6.00. The zero-order valence-electron chi connectivity index (χ0n) is 13.0. The van der Waals surface area contributed by atoms with Crippen molar-refractivity contribution < 1.29 is 14.6 Å². The molecule has 0 bridgehead atoms. The number of phenolic OH excluding ortho intramolecular Hbond substituents is 1. The van der Waals surface area contributed by atoms with Gasteiger partial charge in [0.15, 0.2) is 5.78 Å². The first-order chi connectivity index (χ1) is 9.38. The van der Waals surface area contributed by atoms with Crippen molar-refractivity contribution in [2.24, 2.45) is 5.92 Å². The molecule has 1 aromatic rings. The highest BCUT2D eigenvalue weighted by Gasteiger charge is 2.17. The third kappa shape index (κ3) is 4.12. The Labute approximate surface area is 121 Å². The van der Waals surface area contributed by atoms with Gasteiger partial charge in [0.25, 0.3) is 0 Å². The van der Waals surface area contributed by atoms with Crippen molar-refractivity contribution in [3.05, 3.63) is 35.1 Å². The topological polar surface area (TPSA) is 46.5 Å². The van der Waals surface area contributed by atoms with Crippen LogP contribution in [0.25, 0.3) is 0 Å². The van der Waals surface area contributed by atoms with Gasteiger partial charge < -0.3 is 9.84 Å². The van der Waals surface area contributed by atoms with Crippen LogP contribution in [-0.4, -0.2) is 10.9 Å². The number of carbonyl (C=O) groups is 1. The number of allylic oxidation sites excluding steroid dienone is 2. The normalized spacial score (nSPS) is 11.8. The summed E-state index contributed by atoms with van der Waals surface area (Å²) in [5, 5.41) is 10.1. The van der Waals surface area contributed by atoms with Gasteiger partial charge in [-0.3, -0.25) is 4.79 Å². The van der Waals surface area contributed by atoms with Gasteiger partial charge in [-0.15, -0.1) is 0 Å². The van der Waals surface area contributed by atoms with Gasteiger partial charge in [-0.1, -0.05) is 20.8 Å². The molecule has 1 aromatic carbocycles. The van der Waals surface area contributed by atoms with Crippen molar-refractivity contribution in [2.75, 3.05) is 0 Å². The Morgan fingerprint density at radius 1 is 1.40 bits per heavy atom. The second-order valence-electron chi connectivity index (χ2n) is 5.37. The molecular formula is C17H24O3. The number of benzene rings is 1. The van der Waals surface area contributed by atoms with Gasteiger partial charge in [0, 0.05) is 18.9 Å². The third-order valence-electron chi connectivity index (χ3n) is 3.08. The van der Waals surface area contributed by atoms with Crippen LogP contribution in [0.1, 0.15) is 56.5 Å². The molecule has 0 aliphatic carbocycles. The van der Waals surface area contributed by atoms with E-state index < -0.39 is 0 Å². The van der Waals surface area contributed by atoms with E-state index in [1.54, 1.807) is 6.07 Å². The highest BCUT2D eigenvalue weighted by atomic mass is 16.5. The molecule has 0 saturated carbocycles. The van der Waals surface area contributed by atoms with E-state index >= 15 is 0 Å². The number of carbonyl (C=O) groups excluding carboxylic acids is 1. The van der Waals surface area contributed by atoms with E-state index in [4.69, 9.17) is 4.74 Å². The lowest BCUT2D eigenvalue weighted by atomic mass is 9.96. The third-order valence-corrected chi connectivity index (χ3v) is 3.08. The van der Waals surface area contributed by atoms with Crippen LogP contribution in [-0.2, 0) is 0 Å². The molecule has 0 atom stereocenters. The van der Waals surface area contributed by atoms with Gasteiger partial charge >= 0.3 is 0 Å². The minimum Gasteiger partial charge on any atom is -0.507 e. The maximum absolute atomic E-state index is 12.1. The van der Waals surface area contributed by atoms with E-state index in [1.807, 2.05) is 40.7 Å². The molecule has 1 N–H and O–H groups in total. The van der Waals surface area contributed by atoms with Gasteiger partial charge in [-0.25, -0.2) is 0 Å². The van der Waals surface area contributed by atoms with Crippen LogP contribution < -0.4 is 4.74 Å². The van der Waals surface area contributed by atoms with Gasteiger partial charge in [0.1, 0.15) is 11.5 Å². The van der Waals surface area contributed by atoms with Crippen LogP contribution in [0.15, 0.2) is 24.0 Å². The molecule has 0 aromatic heterocycles. The number of ether oxygens (including phenoxy) is 1. The van der Waals surface area contributed by atoms with Gasteiger partial charge in [0.2, 0.25) is 0 Å². The molecule has 1 rings (SSSR count). The number of hydrogen-bond acceptors (Lipinski definition) is 3. The number of hydrogen-bond donors (Lipinski definition) is 1. The van der Waals surface area contributed by atoms with Crippen molar-refractivity contribution in [3.63, 3.8) is 0 Å². The monoisotopic (exact) mass is 276 g/mol. The standard InChI is InChI=1S/C17H24O3/c1-6-13(7-2)20-14-9-12(5)17(16(19)10-14)15(18)8-11(3)4/h6,9-11,19H,7-8H2,1-5H3. The summed E-state index contributed by atoms with van der Waals surface area (Å²) in [5.41, 5.74) is 1.15. The summed E-state index contributed by atoms with van der Waals surface area (Å²) in [6, 6.07) is 3.31. The zero-order chi connectivity index (χ0) is 15.3. The fourth-order valence-electron chi connectivity index (χ4n) is 2.12. The maximum atomic E-state index is 12.1. The predicted octanol–water partition coefficient (Wildman–Crippen LogP) is 4.62. The summed E-state index contributed by atoms with van der Waals surface area (Å²) in [7, 11) is 0. The molecule has 0 heterocycles. The van der Waals surface area contributed by atoms with E-state index in [-0.39, 0.29) is 17.5 Å². The van der Waals surface area contributed by atoms with E-state index in [1.165, 1.54) is 6.07 Å². The summed E-state index contributed by atoms with van der Waals surface area (Å²) >= 11 is 0. The van der Waals surface area contributed by atoms with Gasteiger partial charge in [-0.05, 0) is 37.5 Å². The molecule has 3 heteroatoms. The molecular weight excluding hydrogens is 252 g/mol. The highest BCUT2D eigenvalue weighted by Crippen LogP contribution is 2.30. The molecule has 0 unspecified atom stereocenters. The van der Waals surface area contributed by atoms with Crippen LogP contribution in [0, 0.1) is 12.8 Å². The van der Waals surface area contributed by atoms with Crippen LogP contribution in [0.3, 0.4) is 0 Å². The smallest absolute Gasteiger partial charge is 0.167 e. The number of phenols is 1. The Morgan fingerprint density at radius 2 is 2.05 bits per heavy atom. The summed E-state index contributed by atoms with van der Waals surface area (Å²) in [6.45, 7) is 9.71. The number of rotatable bonds is 6. The predicted molar refractivity (Wildman–Crippen MR) is 81.3 cm³/mol. The van der Waals surface area contributed by atoms with E-state index in [0.29, 0.717) is 17.7 Å². The second kappa shape index (κ2) is 7.13. The summed E-state index contributed by atoms with van der Waals surface area (Å²) < 4.78 is 5.68. The van der Waals surface area contributed by atoms with E-state index in [2.05, 4.69) is 0 Å². The van der Waals surface area contributed by atoms with Crippen molar-refractivity contribution in [1.82, 2.24) is 0 Å². The molecule has 0 aliphatic rings. The average molecular weight is 276 g/mol. The fourth-order valence-corrected chi connectivity index (χ4v) is 2.12. The maximum Gasteiger partial charge on any atom is 0.167 e. The Kier molecular flexibility index (Phi) is 5.81. The minimum atomic E-state index is -0.0247. The van der Waals surface area contributed by atoms with Crippen molar-refractivity contribution in [1.29, 1.82) is 0 Å². The molecule has 0 fully saturated rings. The summed E-state index contributed by atoms with van der Waals surface area (Å²) in [6.07, 6.45) is 3.11. The van der Waals surface area contributed by atoms with Crippen LogP contribution >= 0.6 is 0 Å². The summed E-state index contributed by atoms with van der Waals surface area (Å²) in [5.74, 6) is 1.65. The van der Waals surface area contributed by atoms with Crippen LogP contribution in [0.2, 0.25) is 0 Å². The number of ketones is 1. The minimum absolute atomic E-state index is 0.00259. The second-order valence-corrected chi connectivity index (χ2v) is 5.37. The lowest BCUT2D eigenvalue weighted by Gasteiger charge is -2.13. The molecule has 0 radical (unpaired) electrons. The van der Waals surface area contributed by atoms with Crippen molar-refractivity contribution in [2.45, 2.75) is 47.5 Å². The molecule has 20 heavy (non-hydrogen) atoms. The Balaban J connectivity index is 3.06. The Morgan fingerprint density at radius 3 is 2.50 bits per heavy atom. The van der Waals surface area contributed by atoms with Gasteiger partial charge in [-0.2, -0.15) is 0 Å². The number of aromatic hydroxyl groups is 1. The largest absolute Gasteiger partial charge is 0.507 e. The molecule has 3 nitrogen and oxygen atoms in total. The number of Topliss-reactive ketones (excluding diaryl/α,β-unsaturated/α-hetero) is 1. The SMILES string of the molecule is CC=C(CC)Oc1cc(C)c(C(=O)CC(C)C)c(O)c1. The first-order valence-corrected chi connectivity index (χ1v) is 7.08. The first-order valence-electron chi connectivity index (χ1n) is 7.08. The molecule has 110 valence electrons. The van der Waals surface area contributed by atoms with Crippen LogP contribution in [0.5, 0.6) is 11.5 Å². The molecule has 0 aliphatic heterocycles. The quantitative estimate of drug-likeness (QED) is 0.609. The number of aryl methyl sites for hydroxylation is 1. The lowest BCUT2D eigenvalue weighted by Crippen LogP contribution is -2.06. The fraction of sp³-hybridized carbons (Fsp3) is 0.471. The Bertz CT molecular complexity index is 490.